The minimum absolute atomic E-state index is 0.0313. The number of nitriles is 1. The lowest BCUT2D eigenvalue weighted by Gasteiger charge is -2.22. The van der Waals surface area contributed by atoms with Crippen molar-refractivity contribution in [1.82, 2.24) is 15.1 Å². The molecule has 158 valence electrons. The summed E-state index contributed by atoms with van der Waals surface area (Å²) in [7, 11) is 0. The molecule has 3 rings (SSSR count). The van der Waals surface area contributed by atoms with Gasteiger partial charge < -0.3 is 10.2 Å². The number of carbonyl (C=O) groups is 2. The zero-order valence-corrected chi connectivity index (χ0v) is 18.0. The zero-order chi connectivity index (χ0) is 22.1. The molecule has 1 saturated heterocycles. The number of hydrogen-bond donors (Lipinski definition) is 1. The number of terminal acetylenes is 1. The van der Waals surface area contributed by atoms with Crippen molar-refractivity contribution in [1.29, 1.82) is 5.26 Å². The van der Waals surface area contributed by atoms with Crippen LogP contribution in [-0.2, 0) is 4.79 Å². The number of hydrogen-bond acceptors (Lipinski definition) is 5. The summed E-state index contributed by atoms with van der Waals surface area (Å²) < 4.78 is 0. The Morgan fingerprint density at radius 1 is 1.03 bits per heavy atom. The van der Waals surface area contributed by atoms with Crippen molar-refractivity contribution in [3.05, 3.63) is 59.7 Å². The minimum atomic E-state index is -0.101. The Morgan fingerprint density at radius 2 is 1.77 bits per heavy atom. The van der Waals surface area contributed by atoms with E-state index < -0.39 is 0 Å². The van der Waals surface area contributed by atoms with E-state index in [-0.39, 0.29) is 24.9 Å². The van der Waals surface area contributed by atoms with Gasteiger partial charge in [-0.2, -0.15) is 5.26 Å². The van der Waals surface area contributed by atoms with E-state index in [1.165, 1.54) is 11.8 Å². The van der Waals surface area contributed by atoms with Crippen LogP contribution < -0.4 is 5.32 Å². The SMILES string of the molecule is C#CCNC(=O)CN1CCCN(C(=O)c2ccccc2Sc2ccccc2C#N)CC1. The van der Waals surface area contributed by atoms with Gasteiger partial charge in [0.05, 0.1) is 24.2 Å². The first-order valence-electron chi connectivity index (χ1n) is 10.1. The van der Waals surface area contributed by atoms with Gasteiger partial charge in [-0.3, -0.25) is 14.5 Å². The largest absolute Gasteiger partial charge is 0.344 e. The topological polar surface area (TPSA) is 76.4 Å². The molecule has 1 aliphatic heterocycles. The van der Waals surface area contributed by atoms with Gasteiger partial charge in [0.2, 0.25) is 5.91 Å². The molecule has 0 aromatic heterocycles. The minimum Gasteiger partial charge on any atom is -0.344 e. The monoisotopic (exact) mass is 432 g/mol. The van der Waals surface area contributed by atoms with E-state index >= 15 is 0 Å². The fourth-order valence-electron chi connectivity index (χ4n) is 3.41. The molecule has 6 nitrogen and oxygen atoms in total. The van der Waals surface area contributed by atoms with Gasteiger partial charge in [-0.05, 0) is 30.7 Å². The van der Waals surface area contributed by atoms with Crippen LogP contribution in [0.3, 0.4) is 0 Å². The normalized spacial score (nSPS) is 14.2. The summed E-state index contributed by atoms with van der Waals surface area (Å²) in [6, 6.07) is 17.1. The van der Waals surface area contributed by atoms with Crippen molar-refractivity contribution in [2.24, 2.45) is 0 Å². The van der Waals surface area contributed by atoms with Crippen LogP contribution in [0.2, 0.25) is 0 Å². The fourth-order valence-corrected chi connectivity index (χ4v) is 4.43. The van der Waals surface area contributed by atoms with E-state index in [0.29, 0.717) is 30.8 Å². The van der Waals surface area contributed by atoms with Crippen LogP contribution in [-0.4, -0.2) is 60.9 Å². The summed E-state index contributed by atoms with van der Waals surface area (Å²) in [6.45, 7) is 3.06. The molecule has 1 aliphatic rings. The summed E-state index contributed by atoms with van der Waals surface area (Å²) in [5.74, 6) is 2.26. The lowest BCUT2D eigenvalue weighted by Crippen LogP contribution is -2.40. The second-order valence-electron chi connectivity index (χ2n) is 7.11. The van der Waals surface area contributed by atoms with E-state index in [1.807, 2.05) is 52.3 Å². The predicted molar refractivity (Wildman–Crippen MR) is 121 cm³/mol. The molecular weight excluding hydrogens is 408 g/mol. The number of nitrogens with one attached hydrogen (secondary N) is 1. The average Bonchev–Trinajstić information content (AvgIpc) is 3.03. The molecule has 1 N–H and O–H groups in total. The van der Waals surface area contributed by atoms with E-state index in [2.05, 4.69) is 17.3 Å². The van der Waals surface area contributed by atoms with Gasteiger partial charge in [0.1, 0.15) is 6.07 Å². The molecule has 0 atom stereocenters. The molecule has 2 aromatic carbocycles. The Balaban J connectivity index is 1.69. The Hall–Kier alpha value is -3.26. The van der Waals surface area contributed by atoms with Gasteiger partial charge in [0.15, 0.2) is 0 Å². The molecule has 1 heterocycles. The maximum atomic E-state index is 13.3. The number of carbonyl (C=O) groups excluding carboxylic acids is 2. The maximum absolute atomic E-state index is 13.3. The van der Waals surface area contributed by atoms with Crippen LogP contribution in [0.5, 0.6) is 0 Å². The number of amides is 2. The van der Waals surface area contributed by atoms with Crippen molar-refractivity contribution >= 4 is 23.6 Å². The van der Waals surface area contributed by atoms with Crippen molar-refractivity contribution in [3.63, 3.8) is 0 Å². The second kappa shape index (κ2) is 11.2. The fraction of sp³-hybridized carbons (Fsp3) is 0.292. The molecule has 0 unspecified atom stereocenters. The van der Waals surface area contributed by atoms with Gasteiger partial charge in [0, 0.05) is 36.0 Å². The molecule has 0 radical (unpaired) electrons. The van der Waals surface area contributed by atoms with Crippen LogP contribution >= 0.6 is 11.8 Å². The highest BCUT2D eigenvalue weighted by atomic mass is 32.2. The van der Waals surface area contributed by atoms with Gasteiger partial charge in [-0.25, -0.2) is 0 Å². The first-order valence-corrected chi connectivity index (χ1v) is 10.9. The summed E-state index contributed by atoms with van der Waals surface area (Å²) >= 11 is 1.43. The Morgan fingerprint density at radius 3 is 2.55 bits per heavy atom. The predicted octanol–water partition coefficient (Wildman–Crippen LogP) is 2.61. The van der Waals surface area contributed by atoms with Crippen LogP contribution in [0.25, 0.3) is 0 Å². The summed E-state index contributed by atoms with van der Waals surface area (Å²) in [5.41, 5.74) is 1.21. The lowest BCUT2D eigenvalue weighted by molar-refractivity contribution is -0.121. The van der Waals surface area contributed by atoms with Gasteiger partial charge in [0.25, 0.3) is 5.91 Å². The molecule has 7 heteroatoms. The summed E-state index contributed by atoms with van der Waals surface area (Å²) in [4.78, 5) is 30.8. The van der Waals surface area contributed by atoms with E-state index in [1.54, 1.807) is 6.07 Å². The third-order valence-electron chi connectivity index (χ3n) is 4.98. The highest BCUT2D eigenvalue weighted by Gasteiger charge is 2.23. The van der Waals surface area contributed by atoms with E-state index in [4.69, 9.17) is 6.42 Å². The maximum Gasteiger partial charge on any atom is 0.255 e. The highest BCUT2D eigenvalue weighted by molar-refractivity contribution is 7.99. The van der Waals surface area contributed by atoms with Crippen molar-refractivity contribution in [2.75, 3.05) is 39.3 Å². The molecule has 1 fully saturated rings. The Bertz CT molecular complexity index is 1020. The van der Waals surface area contributed by atoms with Gasteiger partial charge >= 0.3 is 0 Å². The molecule has 0 bridgehead atoms. The number of nitrogens with zero attached hydrogens (tertiary/aromatic N) is 3. The van der Waals surface area contributed by atoms with Crippen molar-refractivity contribution in [2.45, 2.75) is 16.2 Å². The third kappa shape index (κ3) is 6.11. The third-order valence-corrected chi connectivity index (χ3v) is 6.13. The molecular formula is C24H24N4O2S. The summed E-state index contributed by atoms with van der Waals surface area (Å²) in [6.07, 6.45) is 5.97. The van der Waals surface area contributed by atoms with Crippen LogP contribution in [0.15, 0.2) is 58.3 Å². The average molecular weight is 433 g/mol. The van der Waals surface area contributed by atoms with Crippen molar-refractivity contribution < 1.29 is 9.59 Å². The Labute approximate surface area is 187 Å². The molecule has 31 heavy (non-hydrogen) atoms. The number of benzene rings is 2. The van der Waals surface area contributed by atoms with Gasteiger partial charge in [-0.15, -0.1) is 6.42 Å². The lowest BCUT2D eigenvalue weighted by atomic mass is 10.2. The van der Waals surface area contributed by atoms with Crippen LogP contribution in [0, 0.1) is 23.7 Å². The summed E-state index contributed by atoms with van der Waals surface area (Å²) in [5, 5.41) is 12.0. The van der Waals surface area contributed by atoms with E-state index in [0.717, 1.165) is 22.8 Å². The zero-order valence-electron chi connectivity index (χ0n) is 17.2. The molecule has 2 amide bonds. The first-order chi connectivity index (χ1) is 15.1. The molecule has 0 saturated carbocycles. The van der Waals surface area contributed by atoms with Crippen molar-refractivity contribution in [3.8, 4) is 18.4 Å². The van der Waals surface area contributed by atoms with Crippen LogP contribution in [0.4, 0.5) is 0 Å². The highest BCUT2D eigenvalue weighted by Crippen LogP contribution is 2.33. The smallest absolute Gasteiger partial charge is 0.255 e. The molecule has 0 aliphatic carbocycles. The standard InChI is InChI=1S/C24H24N4O2S/c1-2-12-26-23(29)18-27-13-7-14-28(16-15-27)24(30)20-9-4-6-11-22(20)31-21-10-5-3-8-19(21)17-25/h1,3-6,8-11H,7,12-16,18H2,(H,26,29). The first kappa shape index (κ1) is 22.4. The number of rotatable bonds is 6. The Kier molecular flexibility index (Phi) is 8.12. The van der Waals surface area contributed by atoms with Crippen LogP contribution in [0.1, 0.15) is 22.3 Å². The van der Waals surface area contributed by atoms with E-state index in [9.17, 15) is 14.9 Å². The van der Waals surface area contributed by atoms with Gasteiger partial charge in [-0.1, -0.05) is 41.9 Å². The molecule has 0 spiro atoms. The quantitative estimate of drug-likeness (QED) is 0.710. The molecule has 2 aromatic rings. The second-order valence-corrected chi connectivity index (χ2v) is 8.19.